The summed E-state index contributed by atoms with van der Waals surface area (Å²) in [6.07, 6.45) is -0.491. The van der Waals surface area contributed by atoms with Gasteiger partial charge < -0.3 is 14.6 Å². The van der Waals surface area contributed by atoms with Crippen LogP contribution in [0.2, 0.25) is 0 Å². The van der Waals surface area contributed by atoms with E-state index < -0.39 is 12.1 Å². The Morgan fingerprint density at radius 2 is 2.19 bits per heavy atom. The Morgan fingerprint density at radius 1 is 1.50 bits per heavy atom. The summed E-state index contributed by atoms with van der Waals surface area (Å²) in [5.74, 6) is -0.248. The quantitative estimate of drug-likeness (QED) is 0.902. The number of rotatable bonds is 5. The van der Waals surface area contributed by atoms with Crippen molar-refractivity contribution < 1.29 is 19.4 Å². The SMILES string of the molecule is COc1ccc(CC(OC)C(=O)O)cc1Br. The van der Waals surface area contributed by atoms with Crippen LogP contribution >= 0.6 is 15.9 Å². The zero-order valence-electron chi connectivity index (χ0n) is 9.07. The third-order valence-electron chi connectivity index (χ3n) is 2.20. The van der Waals surface area contributed by atoms with E-state index in [1.54, 1.807) is 13.2 Å². The number of ether oxygens (including phenoxy) is 2. The first-order valence-electron chi connectivity index (χ1n) is 4.66. The number of carbonyl (C=O) groups is 1. The number of benzene rings is 1. The monoisotopic (exact) mass is 288 g/mol. The van der Waals surface area contributed by atoms with E-state index in [-0.39, 0.29) is 0 Å². The molecule has 88 valence electrons. The van der Waals surface area contributed by atoms with Gasteiger partial charge in [-0.15, -0.1) is 0 Å². The van der Waals surface area contributed by atoms with E-state index in [1.165, 1.54) is 7.11 Å². The molecule has 0 heterocycles. The zero-order valence-corrected chi connectivity index (χ0v) is 10.7. The Bertz CT molecular complexity index is 378. The number of aliphatic carboxylic acids is 1. The van der Waals surface area contributed by atoms with Crippen LogP contribution in [0.25, 0.3) is 0 Å². The molecule has 1 atom stereocenters. The average molecular weight is 289 g/mol. The molecule has 0 fully saturated rings. The van der Waals surface area contributed by atoms with Crippen LogP contribution in [0.5, 0.6) is 5.75 Å². The fourth-order valence-corrected chi connectivity index (χ4v) is 1.91. The minimum Gasteiger partial charge on any atom is -0.496 e. The number of methoxy groups -OCH3 is 2. The van der Waals surface area contributed by atoms with E-state index >= 15 is 0 Å². The Balaban J connectivity index is 2.81. The molecule has 0 spiro atoms. The Hall–Kier alpha value is -1.07. The van der Waals surface area contributed by atoms with Crippen LogP contribution in [-0.2, 0) is 16.0 Å². The topological polar surface area (TPSA) is 55.8 Å². The lowest BCUT2D eigenvalue weighted by molar-refractivity contribution is -0.148. The fraction of sp³-hybridized carbons (Fsp3) is 0.364. The van der Waals surface area contributed by atoms with Gasteiger partial charge in [0.2, 0.25) is 0 Å². The molecule has 0 saturated carbocycles. The highest BCUT2D eigenvalue weighted by Crippen LogP contribution is 2.26. The third kappa shape index (κ3) is 3.21. The molecule has 0 radical (unpaired) electrons. The van der Waals surface area contributed by atoms with Crippen LogP contribution in [0.4, 0.5) is 0 Å². The van der Waals surface area contributed by atoms with Gasteiger partial charge in [-0.2, -0.15) is 0 Å². The fourth-order valence-electron chi connectivity index (χ4n) is 1.32. The molecule has 16 heavy (non-hydrogen) atoms. The Morgan fingerprint density at radius 3 is 2.62 bits per heavy atom. The van der Waals surface area contributed by atoms with Gasteiger partial charge in [0, 0.05) is 13.5 Å². The molecule has 0 amide bonds. The summed E-state index contributed by atoms with van der Waals surface area (Å²) in [4.78, 5) is 10.8. The predicted molar refractivity (Wildman–Crippen MR) is 62.8 cm³/mol. The number of hydrogen-bond donors (Lipinski definition) is 1. The first kappa shape index (κ1) is 13.0. The van der Waals surface area contributed by atoms with Gasteiger partial charge >= 0.3 is 5.97 Å². The largest absolute Gasteiger partial charge is 0.496 e. The van der Waals surface area contributed by atoms with E-state index in [0.717, 1.165) is 10.0 Å². The first-order valence-corrected chi connectivity index (χ1v) is 5.45. The molecule has 0 aromatic heterocycles. The van der Waals surface area contributed by atoms with Gasteiger partial charge in [-0.1, -0.05) is 6.07 Å². The minimum atomic E-state index is -0.963. The molecule has 1 rings (SSSR count). The number of halogens is 1. The summed E-state index contributed by atoms with van der Waals surface area (Å²) in [5.41, 5.74) is 0.877. The summed E-state index contributed by atoms with van der Waals surface area (Å²) in [5, 5.41) is 8.84. The van der Waals surface area contributed by atoms with Crippen molar-refractivity contribution in [3.63, 3.8) is 0 Å². The molecule has 1 unspecified atom stereocenters. The second-order valence-electron chi connectivity index (χ2n) is 3.24. The van der Waals surface area contributed by atoms with Crippen molar-refractivity contribution in [2.75, 3.05) is 14.2 Å². The molecule has 1 N–H and O–H groups in total. The smallest absolute Gasteiger partial charge is 0.333 e. The number of hydrogen-bond acceptors (Lipinski definition) is 3. The molecule has 0 aliphatic carbocycles. The van der Waals surface area contributed by atoms with E-state index in [1.807, 2.05) is 12.1 Å². The minimum absolute atomic E-state index is 0.328. The molecular weight excluding hydrogens is 276 g/mol. The molecule has 1 aromatic carbocycles. The van der Waals surface area contributed by atoms with Crippen molar-refractivity contribution in [2.24, 2.45) is 0 Å². The van der Waals surface area contributed by atoms with Crippen molar-refractivity contribution in [3.05, 3.63) is 28.2 Å². The second-order valence-corrected chi connectivity index (χ2v) is 4.09. The van der Waals surface area contributed by atoms with Crippen LogP contribution in [0, 0.1) is 0 Å². The summed E-state index contributed by atoms with van der Waals surface area (Å²) >= 11 is 3.34. The standard InChI is InChI=1S/C11H13BrO4/c1-15-9-4-3-7(5-8(9)12)6-10(16-2)11(13)14/h3-5,10H,6H2,1-2H3,(H,13,14). The van der Waals surface area contributed by atoms with Crippen molar-refractivity contribution in [1.29, 1.82) is 0 Å². The van der Waals surface area contributed by atoms with Crippen LogP contribution < -0.4 is 4.74 Å². The predicted octanol–water partition coefficient (Wildman–Crippen LogP) is 2.10. The van der Waals surface area contributed by atoms with E-state index in [2.05, 4.69) is 15.9 Å². The van der Waals surface area contributed by atoms with Crippen LogP contribution in [0.1, 0.15) is 5.56 Å². The highest BCUT2D eigenvalue weighted by molar-refractivity contribution is 9.10. The third-order valence-corrected chi connectivity index (χ3v) is 2.82. The Kier molecular flexibility index (Phi) is 4.76. The lowest BCUT2D eigenvalue weighted by atomic mass is 10.1. The molecular formula is C11H13BrO4. The lowest BCUT2D eigenvalue weighted by Gasteiger charge is -2.11. The van der Waals surface area contributed by atoms with Crippen molar-refractivity contribution >= 4 is 21.9 Å². The maximum atomic E-state index is 10.8. The summed E-state index contributed by atoms with van der Waals surface area (Å²) in [6, 6.07) is 5.43. The second kappa shape index (κ2) is 5.86. The molecule has 4 nitrogen and oxygen atoms in total. The van der Waals surface area contributed by atoms with E-state index in [9.17, 15) is 4.79 Å². The van der Waals surface area contributed by atoms with Crippen molar-refractivity contribution in [2.45, 2.75) is 12.5 Å². The normalized spacial score (nSPS) is 12.2. The van der Waals surface area contributed by atoms with Gasteiger partial charge in [0.05, 0.1) is 11.6 Å². The molecule has 0 bridgehead atoms. The zero-order chi connectivity index (χ0) is 12.1. The maximum absolute atomic E-state index is 10.8. The summed E-state index contributed by atoms with van der Waals surface area (Å²) in [7, 11) is 2.96. The Labute approximate surface area is 102 Å². The van der Waals surface area contributed by atoms with Crippen molar-refractivity contribution in [1.82, 2.24) is 0 Å². The van der Waals surface area contributed by atoms with Gasteiger partial charge in [-0.05, 0) is 33.6 Å². The van der Waals surface area contributed by atoms with Gasteiger partial charge in [-0.3, -0.25) is 0 Å². The van der Waals surface area contributed by atoms with Gasteiger partial charge in [0.1, 0.15) is 5.75 Å². The lowest BCUT2D eigenvalue weighted by Crippen LogP contribution is -2.24. The maximum Gasteiger partial charge on any atom is 0.333 e. The molecule has 1 aromatic rings. The van der Waals surface area contributed by atoms with Crippen molar-refractivity contribution in [3.8, 4) is 5.75 Å². The summed E-state index contributed by atoms with van der Waals surface area (Å²) in [6.45, 7) is 0. The summed E-state index contributed by atoms with van der Waals surface area (Å²) < 4.78 is 10.7. The molecule has 0 saturated heterocycles. The van der Waals surface area contributed by atoms with Crippen LogP contribution in [0.3, 0.4) is 0 Å². The first-order chi connectivity index (χ1) is 7.58. The highest BCUT2D eigenvalue weighted by atomic mass is 79.9. The van der Waals surface area contributed by atoms with Gasteiger partial charge in [-0.25, -0.2) is 4.79 Å². The van der Waals surface area contributed by atoms with E-state index in [0.29, 0.717) is 12.2 Å². The molecule has 0 aliphatic heterocycles. The number of carboxylic acid groups (broad SMARTS) is 1. The van der Waals surface area contributed by atoms with Gasteiger partial charge in [0.25, 0.3) is 0 Å². The molecule has 5 heteroatoms. The number of carboxylic acids is 1. The molecule has 0 aliphatic rings. The van der Waals surface area contributed by atoms with Crippen LogP contribution in [0.15, 0.2) is 22.7 Å². The van der Waals surface area contributed by atoms with Crippen LogP contribution in [-0.4, -0.2) is 31.4 Å². The van der Waals surface area contributed by atoms with Gasteiger partial charge in [0.15, 0.2) is 6.10 Å². The van der Waals surface area contributed by atoms with E-state index in [4.69, 9.17) is 14.6 Å². The highest BCUT2D eigenvalue weighted by Gasteiger charge is 2.17. The average Bonchev–Trinajstić information content (AvgIpc) is 2.25.